The lowest BCUT2D eigenvalue weighted by molar-refractivity contribution is -0.192. The van der Waals surface area contributed by atoms with Gasteiger partial charge in [-0.05, 0) is 42.5 Å². The fourth-order valence-electron chi connectivity index (χ4n) is 1.43. The van der Waals surface area contributed by atoms with Gasteiger partial charge < -0.3 is 19.1 Å². The van der Waals surface area contributed by atoms with Crippen LogP contribution in [0.2, 0.25) is 0 Å². The normalized spacial score (nSPS) is 13.3. The Morgan fingerprint density at radius 2 is 2.00 bits per heavy atom. The summed E-state index contributed by atoms with van der Waals surface area (Å²) in [6.07, 6.45) is 2.71. The zero-order valence-electron chi connectivity index (χ0n) is 9.60. The van der Waals surface area contributed by atoms with Crippen molar-refractivity contribution in [3.05, 3.63) is 22.0 Å². The second-order valence-electron chi connectivity index (χ2n) is 3.37. The Hall–Kier alpha value is -0.110. The third-order valence-corrected chi connectivity index (χ3v) is 2.73. The molecule has 1 heterocycles. The first-order chi connectivity index (χ1) is 7.67. The van der Waals surface area contributed by atoms with Gasteiger partial charge in [0.1, 0.15) is 6.10 Å². The van der Waals surface area contributed by atoms with Gasteiger partial charge in [0.2, 0.25) is 0 Å². The van der Waals surface area contributed by atoms with Crippen LogP contribution in [0.25, 0.3) is 0 Å². The van der Waals surface area contributed by atoms with Crippen LogP contribution in [0.4, 0.5) is 0 Å². The smallest absolute Gasteiger partial charge is 0.185 e. The number of hydrogen-bond donors (Lipinski definition) is 1. The summed E-state index contributed by atoms with van der Waals surface area (Å²) in [6.45, 7) is 5.32. The van der Waals surface area contributed by atoms with Crippen LogP contribution in [0.5, 0.6) is 0 Å². The van der Waals surface area contributed by atoms with E-state index >= 15 is 0 Å². The number of aliphatic hydroxyl groups excluding tert-OH is 1. The average Bonchev–Trinajstić information content (AvgIpc) is 2.63. The molecule has 1 aromatic heterocycles. The van der Waals surface area contributed by atoms with Gasteiger partial charge in [0.25, 0.3) is 0 Å². The average molecular weight is 339 g/mol. The first-order valence-corrected chi connectivity index (χ1v) is 6.47. The molecule has 0 aliphatic carbocycles. The topological polar surface area (TPSA) is 43.6 Å². The van der Waals surface area contributed by atoms with E-state index in [0.717, 1.165) is 3.57 Å². The summed E-state index contributed by atoms with van der Waals surface area (Å²) < 4.78 is 13.7. The number of rotatable bonds is 7. The third kappa shape index (κ3) is 4.40. The van der Waals surface area contributed by atoms with Gasteiger partial charge in [-0.3, -0.25) is 0 Å². The van der Waals surface area contributed by atoms with Crippen molar-refractivity contribution in [1.29, 1.82) is 0 Å². The highest BCUT2D eigenvalue weighted by atomic mass is 127. The zero-order chi connectivity index (χ0) is 12.0. The minimum atomic E-state index is -0.650. The zero-order valence-corrected chi connectivity index (χ0v) is 11.8. The highest BCUT2D eigenvalue weighted by Crippen LogP contribution is 2.09. The van der Waals surface area contributed by atoms with Crippen LogP contribution in [-0.2, 0) is 16.0 Å². The molecule has 0 saturated carbocycles. The molecule has 5 heteroatoms. The molecule has 0 spiro atoms. The molecule has 0 fully saturated rings. The summed E-state index contributed by atoms with van der Waals surface area (Å²) in [5.41, 5.74) is 0. The summed E-state index contributed by atoms with van der Waals surface area (Å²) in [5.74, 6) is 0. The molecule has 1 aromatic rings. The van der Waals surface area contributed by atoms with Crippen molar-refractivity contribution in [2.24, 2.45) is 0 Å². The fourth-order valence-corrected chi connectivity index (χ4v) is 1.94. The van der Waals surface area contributed by atoms with Crippen molar-refractivity contribution in [3.8, 4) is 0 Å². The number of nitrogens with zero attached hydrogens (tertiary/aromatic N) is 1. The van der Waals surface area contributed by atoms with Gasteiger partial charge in [0, 0.05) is 29.2 Å². The number of halogens is 1. The first kappa shape index (κ1) is 14.0. The van der Waals surface area contributed by atoms with Crippen molar-refractivity contribution in [2.75, 3.05) is 13.2 Å². The molecule has 92 valence electrons. The van der Waals surface area contributed by atoms with E-state index < -0.39 is 12.4 Å². The van der Waals surface area contributed by atoms with Crippen LogP contribution < -0.4 is 0 Å². The molecule has 0 aliphatic heterocycles. The minimum absolute atomic E-state index is 0.480. The van der Waals surface area contributed by atoms with Crippen molar-refractivity contribution >= 4 is 22.6 Å². The van der Waals surface area contributed by atoms with Gasteiger partial charge in [-0.2, -0.15) is 0 Å². The van der Waals surface area contributed by atoms with E-state index in [1.807, 2.05) is 36.9 Å². The predicted molar refractivity (Wildman–Crippen MR) is 70.2 cm³/mol. The quantitative estimate of drug-likeness (QED) is 0.609. The maximum Gasteiger partial charge on any atom is 0.185 e. The number of aromatic nitrogens is 1. The van der Waals surface area contributed by atoms with E-state index in [9.17, 15) is 5.11 Å². The highest BCUT2D eigenvalue weighted by molar-refractivity contribution is 14.1. The summed E-state index contributed by atoms with van der Waals surface area (Å²) in [6, 6.07) is 1.99. The molecule has 0 amide bonds. The molecular formula is C11H18INO3. The van der Waals surface area contributed by atoms with Gasteiger partial charge >= 0.3 is 0 Å². The van der Waals surface area contributed by atoms with E-state index in [4.69, 9.17) is 9.47 Å². The van der Waals surface area contributed by atoms with Crippen molar-refractivity contribution in [2.45, 2.75) is 32.8 Å². The Labute approximate surface area is 110 Å². The Kier molecular flexibility index (Phi) is 6.33. The number of hydrogen-bond acceptors (Lipinski definition) is 3. The van der Waals surface area contributed by atoms with Gasteiger partial charge in [0.15, 0.2) is 6.29 Å². The molecule has 0 aliphatic rings. The largest absolute Gasteiger partial charge is 0.386 e. The molecule has 0 saturated heterocycles. The molecule has 0 aromatic carbocycles. The summed E-state index contributed by atoms with van der Waals surface area (Å²) in [4.78, 5) is 0. The number of aliphatic hydroxyl groups is 1. The lowest BCUT2D eigenvalue weighted by atomic mass is 10.3. The molecule has 1 unspecified atom stereocenters. The van der Waals surface area contributed by atoms with E-state index in [0.29, 0.717) is 19.8 Å². The third-order valence-electron chi connectivity index (χ3n) is 2.09. The molecule has 1 rings (SSSR count). The van der Waals surface area contributed by atoms with Crippen molar-refractivity contribution in [3.63, 3.8) is 0 Å². The van der Waals surface area contributed by atoms with Crippen LogP contribution in [0, 0.1) is 3.57 Å². The fraction of sp³-hybridized carbons (Fsp3) is 0.636. The lowest BCUT2D eigenvalue weighted by Crippen LogP contribution is -2.35. The summed E-state index contributed by atoms with van der Waals surface area (Å²) >= 11 is 2.23. The van der Waals surface area contributed by atoms with E-state index in [1.54, 1.807) is 0 Å². The molecule has 4 nitrogen and oxygen atoms in total. The Bertz CT molecular complexity index is 297. The van der Waals surface area contributed by atoms with Crippen molar-refractivity contribution < 1.29 is 14.6 Å². The molecule has 1 N–H and O–H groups in total. The molecule has 16 heavy (non-hydrogen) atoms. The van der Waals surface area contributed by atoms with E-state index in [-0.39, 0.29) is 0 Å². The van der Waals surface area contributed by atoms with Crippen LogP contribution in [-0.4, -0.2) is 35.3 Å². The summed E-state index contributed by atoms with van der Waals surface area (Å²) in [7, 11) is 0. The van der Waals surface area contributed by atoms with E-state index in [1.165, 1.54) is 0 Å². The van der Waals surface area contributed by atoms with Crippen LogP contribution in [0.15, 0.2) is 18.5 Å². The van der Waals surface area contributed by atoms with Crippen LogP contribution in [0.1, 0.15) is 13.8 Å². The lowest BCUT2D eigenvalue weighted by Gasteiger charge is -2.22. The molecular weight excluding hydrogens is 321 g/mol. The molecule has 1 atom stereocenters. The van der Waals surface area contributed by atoms with Crippen LogP contribution >= 0.6 is 22.6 Å². The SMILES string of the molecule is CCOC(OCC)C(O)Cn1ccc(I)c1. The second kappa shape index (κ2) is 7.26. The van der Waals surface area contributed by atoms with Crippen LogP contribution in [0.3, 0.4) is 0 Å². The molecule has 0 bridgehead atoms. The summed E-state index contributed by atoms with van der Waals surface area (Å²) in [5, 5.41) is 9.96. The van der Waals surface area contributed by atoms with Gasteiger partial charge in [-0.15, -0.1) is 0 Å². The second-order valence-corrected chi connectivity index (χ2v) is 4.62. The van der Waals surface area contributed by atoms with Gasteiger partial charge in [0.05, 0.1) is 6.54 Å². The van der Waals surface area contributed by atoms with Gasteiger partial charge in [-0.1, -0.05) is 0 Å². The molecule has 0 radical (unpaired) electrons. The highest BCUT2D eigenvalue weighted by Gasteiger charge is 2.19. The Balaban J connectivity index is 2.50. The predicted octanol–water partition coefficient (Wildman–Crippen LogP) is 1.85. The maximum absolute atomic E-state index is 9.96. The maximum atomic E-state index is 9.96. The van der Waals surface area contributed by atoms with E-state index in [2.05, 4.69) is 22.6 Å². The van der Waals surface area contributed by atoms with Crippen molar-refractivity contribution in [1.82, 2.24) is 4.57 Å². The Morgan fingerprint density at radius 1 is 1.38 bits per heavy atom. The van der Waals surface area contributed by atoms with Gasteiger partial charge in [-0.25, -0.2) is 0 Å². The number of ether oxygens (including phenoxy) is 2. The Morgan fingerprint density at radius 3 is 2.44 bits per heavy atom. The standard InChI is InChI=1S/C11H18INO3/c1-3-15-11(16-4-2)10(14)8-13-6-5-9(12)7-13/h5-7,10-11,14H,3-4,8H2,1-2H3. The minimum Gasteiger partial charge on any atom is -0.386 e. The first-order valence-electron chi connectivity index (χ1n) is 5.40. The monoisotopic (exact) mass is 339 g/mol.